The van der Waals surface area contributed by atoms with Gasteiger partial charge in [-0.15, -0.1) is 0 Å². The lowest BCUT2D eigenvalue weighted by Crippen LogP contribution is -2.49. The first-order chi connectivity index (χ1) is 10.4. The number of nitrogen functional groups attached to an aromatic ring is 1. The highest BCUT2D eigenvalue weighted by atomic mass is 16.3. The fourth-order valence-corrected chi connectivity index (χ4v) is 2.40. The Bertz CT molecular complexity index is 630. The van der Waals surface area contributed by atoms with Gasteiger partial charge in [0.1, 0.15) is 11.8 Å². The van der Waals surface area contributed by atoms with Crippen LogP contribution in [-0.2, 0) is 9.59 Å². The summed E-state index contributed by atoms with van der Waals surface area (Å²) in [4.78, 5) is 47.9. The van der Waals surface area contributed by atoms with Crippen LogP contribution in [0.5, 0.6) is 5.75 Å². The van der Waals surface area contributed by atoms with Crippen LogP contribution in [0.2, 0.25) is 0 Å². The van der Waals surface area contributed by atoms with Crippen LogP contribution in [0.25, 0.3) is 0 Å². The predicted octanol–water partition coefficient (Wildman–Crippen LogP) is 0.0117. The first-order valence-electron chi connectivity index (χ1n) is 6.66. The van der Waals surface area contributed by atoms with E-state index in [-0.39, 0.29) is 35.4 Å². The van der Waals surface area contributed by atoms with E-state index in [0.717, 1.165) is 11.0 Å². The Hall–Kier alpha value is -2.90. The van der Waals surface area contributed by atoms with E-state index in [1.165, 1.54) is 6.07 Å². The van der Waals surface area contributed by atoms with Crippen molar-refractivity contribution >= 4 is 29.8 Å². The number of hydrogen-bond donors (Lipinski definition) is 3. The van der Waals surface area contributed by atoms with E-state index in [0.29, 0.717) is 6.42 Å². The number of imide groups is 2. The second kappa shape index (κ2) is 5.84. The summed E-state index contributed by atoms with van der Waals surface area (Å²) in [5.74, 6) is -2.42. The van der Waals surface area contributed by atoms with Crippen LogP contribution < -0.4 is 11.1 Å². The molecule has 8 nitrogen and oxygen atoms in total. The zero-order valence-corrected chi connectivity index (χ0v) is 11.8. The average molecular weight is 305 g/mol. The highest BCUT2D eigenvalue weighted by Gasteiger charge is 2.42. The van der Waals surface area contributed by atoms with Gasteiger partial charge in [0.25, 0.3) is 11.8 Å². The number of fused-ring (bicyclic) bond motifs is 1. The van der Waals surface area contributed by atoms with Gasteiger partial charge in [-0.05, 0) is 18.6 Å². The van der Waals surface area contributed by atoms with Crippen molar-refractivity contribution < 1.29 is 24.3 Å². The van der Waals surface area contributed by atoms with E-state index in [1.807, 2.05) is 5.32 Å². The van der Waals surface area contributed by atoms with Gasteiger partial charge in [-0.2, -0.15) is 0 Å². The zero-order chi connectivity index (χ0) is 16.4. The van der Waals surface area contributed by atoms with Crippen LogP contribution in [0.15, 0.2) is 12.1 Å². The molecule has 0 saturated carbocycles. The first-order valence-corrected chi connectivity index (χ1v) is 6.66. The van der Waals surface area contributed by atoms with Crippen molar-refractivity contribution in [2.24, 2.45) is 0 Å². The van der Waals surface area contributed by atoms with Crippen LogP contribution in [0.4, 0.5) is 5.69 Å². The van der Waals surface area contributed by atoms with Crippen molar-refractivity contribution in [1.82, 2.24) is 10.2 Å². The largest absolute Gasteiger partial charge is 0.506 e. The predicted molar refractivity (Wildman–Crippen MR) is 75.9 cm³/mol. The molecule has 4 N–H and O–H groups in total. The van der Waals surface area contributed by atoms with E-state index in [2.05, 4.69) is 0 Å². The van der Waals surface area contributed by atoms with Gasteiger partial charge in [0.15, 0.2) is 0 Å². The summed E-state index contributed by atoms with van der Waals surface area (Å²) in [5, 5.41) is 11.5. The zero-order valence-electron chi connectivity index (χ0n) is 11.8. The highest BCUT2D eigenvalue weighted by molar-refractivity contribution is 6.23. The quantitative estimate of drug-likeness (QED) is 0.304. The molecule has 4 amide bonds. The molecule has 8 heteroatoms. The number of carbonyl (C=O) groups excluding carboxylic acids is 4. The summed E-state index contributed by atoms with van der Waals surface area (Å²) in [6.07, 6.45) is 0.942. The van der Waals surface area contributed by atoms with Gasteiger partial charge in [-0.1, -0.05) is 13.3 Å². The van der Waals surface area contributed by atoms with Crippen LogP contribution in [0, 0.1) is 0 Å². The molecule has 1 heterocycles. The van der Waals surface area contributed by atoms with Crippen molar-refractivity contribution in [3.05, 3.63) is 23.3 Å². The second-order valence-electron chi connectivity index (χ2n) is 4.87. The number of phenols is 1. The molecule has 0 radical (unpaired) electrons. The molecule has 2 rings (SSSR count). The lowest BCUT2D eigenvalue weighted by Gasteiger charge is -2.23. The normalized spacial score (nSPS) is 14.7. The molecular weight excluding hydrogens is 290 g/mol. The Balaban J connectivity index is 2.44. The third-order valence-corrected chi connectivity index (χ3v) is 3.44. The summed E-state index contributed by atoms with van der Waals surface area (Å²) < 4.78 is 0. The number of phenolic OH excluding ortho intramolecular Hbond substituents is 1. The van der Waals surface area contributed by atoms with Crippen molar-refractivity contribution in [2.75, 3.05) is 5.73 Å². The van der Waals surface area contributed by atoms with Gasteiger partial charge in [0, 0.05) is 0 Å². The summed E-state index contributed by atoms with van der Waals surface area (Å²) in [6.45, 7) is 1.78. The number of nitrogens with two attached hydrogens (primary N) is 1. The van der Waals surface area contributed by atoms with Gasteiger partial charge < -0.3 is 10.8 Å². The number of nitrogens with zero attached hydrogens (tertiary/aromatic N) is 1. The molecule has 22 heavy (non-hydrogen) atoms. The molecular formula is C14H15N3O5. The highest BCUT2D eigenvalue weighted by Crippen LogP contribution is 2.32. The molecule has 0 spiro atoms. The fraction of sp³-hybridized carbons (Fsp3) is 0.286. The number of amides is 4. The summed E-state index contributed by atoms with van der Waals surface area (Å²) in [6, 6.07) is 1.21. The summed E-state index contributed by atoms with van der Waals surface area (Å²) >= 11 is 0. The van der Waals surface area contributed by atoms with Crippen molar-refractivity contribution in [3.63, 3.8) is 0 Å². The molecule has 1 aromatic rings. The van der Waals surface area contributed by atoms with Gasteiger partial charge in [0.05, 0.1) is 16.8 Å². The molecule has 0 fully saturated rings. The smallest absolute Gasteiger partial charge is 0.262 e. The molecule has 1 aromatic carbocycles. The van der Waals surface area contributed by atoms with Crippen LogP contribution in [0.1, 0.15) is 40.5 Å². The second-order valence-corrected chi connectivity index (χ2v) is 4.87. The number of benzene rings is 1. The summed E-state index contributed by atoms with van der Waals surface area (Å²) in [5.41, 5.74) is 5.51. The van der Waals surface area contributed by atoms with Gasteiger partial charge in [-0.3, -0.25) is 29.4 Å². The molecule has 116 valence electrons. The van der Waals surface area contributed by atoms with Gasteiger partial charge >= 0.3 is 0 Å². The number of carbonyl (C=O) groups is 4. The maximum atomic E-state index is 12.4. The number of anilines is 1. The Morgan fingerprint density at radius 3 is 2.50 bits per heavy atom. The molecule has 1 unspecified atom stereocenters. The van der Waals surface area contributed by atoms with E-state index < -0.39 is 23.8 Å². The van der Waals surface area contributed by atoms with Gasteiger partial charge in [0.2, 0.25) is 12.3 Å². The topological polar surface area (TPSA) is 130 Å². The van der Waals surface area contributed by atoms with Gasteiger partial charge in [-0.25, -0.2) is 0 Å². The standard InChI is InChI=1S/C14H15N3O5/c1-2-3-10(12(20)16-6-18)17-13(21)7-4-9(15)11(19)5-8(7)14(17)22/h4-6,10,19H,2-3,15H2,1H3,(H,16,18,20). The third-order valence-electron chi connectivity index (χ3n) is 3.44. The lowest BCUT2D eigenvalue weighted by molar-refractivity contribution is -0.128. The molecule has 1 aliphatic rings. The molecule has 0 aromatic heterocycles. The molecule has 0 saturated heterocycles. The Labute approximate surface area is 125 Å². The maximum absolute atomic E-state index is 12.4. The Kier molecular flexibility index (Phi) is 4.11. The van der Waals surface area contributed by atoms with E-state index in [4.69, 9.17) is 5.73 Å². The molecule has 0 bridgehead atoms. The SMILES string of the molecule is CCCC(C(=O)NC=O)N1C(=O)c2cc(N)c(O)cc2C1=O. The third kappa shape index (κ3) is 2.39. The minimum atomic E-state index is -1.09. The Morgan fingerprint density at radius 1 is 1.36 bits per heavy atom. The van der Waals surface area contributed by atoms with Crippen molar-refractivity contribution in [2.45, 2.75) is 25.8 Å². The van der Waals surface area contributed by atoms with Crippen LogP contribution in [-0.4, -0.2) is 40.2 Å². The van der Waals surface area contributed by atoms with E-state index >= 15 is 0 Å². The molecule has 1 aliphatic heterocycles. The number of nitrogens with one attached hydrogen (secondary N) is 1. The van der Waals surface area contributed by atoms with Crippen molar-refractivity contribution in [1.29, 1.82) is 0 Å². The Morgan fingerprint density at radius 2 is 1.95 bits per heavy atom. The van der Waals surface area contributed by atoms with Crippen LogP contribution in [0.3, 0.4) is 0 Å². The van der Waals surface area contributed by atoms with Crippen LogP contribution >= 0.6 is 0 Å². The number of aromatic hydroxyl groups is 1. The number of rotatable bonds is 5. The maximum Gasteiger partial charge on any atom is 0.262 e. The monoisotopic (exact) mass is 305 g/mol. The average Bonchev–Trinajstić information content (AvgIpc) is 2.70. The molecule has 1 atom stereocenters. The minimum Gasteiger partial charge on any atom is -0.506 e. The summed E-state index contributed by atoms with van der Waals surface area (Å²) in [7, 11) is 0. The van der Waals surface area contributed by atoms with E-state index in [9.17, 15) is 24.3 Å². The lowest BCUT2D eigenvalue weighted by atomic mass is 10.1. The van der Waals surface area contributed by atoms with E-state index in [1.54, 1.807) is 6.92 Å². The minimum absolute atomic E-state index is 0.0169. The fourth-order valence-electron chi connectivity index (χ4n) is 2.40. The number of hydrogen-bond acceptors (Lipinski definition) is 6. The first kappa shape index (κ1) is 15.5. The molecule has 0 aliphatic carbocycles. The van der Waals surface area contributed by atoms with Crippen molar-refractivity contribution in [3.8, 4) is 5.75 Å².